The molecule has 1 aromatic carbocycles. The van der Waals surface area contributed by atoms with Gasteiger partial charge in [0.1, 0.15) is 22.9 Å². The van der Waals surface area contributed by atoms with Crippen molar-refractivity contribution in [3.05, 3.63) is 40.3 Å². The van der Waals surface area contributed by atoms with Gasteiger partial charge >= 0.3 is 0 Å². The van der Waals surface area contributed by atoms with Crippen LogP contribution in [0.1, 0.15) is 54.1 Å². The maximum atomic E-state index is 14.8. The number of halogens is 5. The van der Waals surface area contributed by atoms with Gasteiger partial charge < -0.3 is 11.1 Å². The van der Waals surface area contributed by atoms with E-state index >= 15 is 0 Å². The molecular weight excluding hydrogens is 436 g/mol. The summed E-state index contributed by atoms with van der Waals surface area (Å²) in [4.78, 5) is 13.0. The Morgan fingerprint density at radius 3 is 2.58 bits per heavy atom. The van der Waals surface area contributed by atoms with Crippen LogP contribution in [0.4, 0.5) is 29.1 Å². The van der Waals surface area contributed by atoms with Crippen molar-refractivity contribution in [2.45, 2.75) is 50.1 Å². The van der Waals surface area contributed by atoms with Gasteiger partial charge in [0, 0.05) is 25.1 Å². The number of benzene rings is 1. The Balaban J connectivity index is 1.53. The largest absolute Gasteiger partial charge is 0.383 e. The number of rotatable bonds is 5. The summed E-state index contributed by atoms with van der Waals surface area (Å²) in [6.07, 6.45) is -2.04. The van der Waals surface area contributed by atoms with Crippen molar-refractivity contribution >= 4 is 29.0 Å². The average molecular weight is 459 g/mol. The van der Waals surface area contributed by atoms with Crippen molar-refractivity contribution in [2.24, 2.45) is 18.9 Å². The highest BCUT2D eigenvalue weighted by Crippen LogP contribution is 2.56. The number of hydrogen-bond acceptors (Lipinski definition) is 3. The molecule has 168 valence electrons. The van der Waals surface area contributed by atoms with Crippen LogP contribution in [-0.4, -0.2) is 27.8 Å². The van der Waals surface area contributed by atoms with Crippen molar-refractivity contribution in [1.82, 2.24) is 9.78 Å². The van der Waals surface area contributed by atoms with Gasteiger partial charge in [-0.15, -0.1) is 0 Å². The standard InChI is InChI=1S/C21H23ClF4N4O/c1-30-19(27)17(20(31)28-13-2-3-15(23)14(22)6-13)18(29-30)10-4-11-7-21(26,9-16(24)25)8-12(11)5-10/h2-3,6,10-12,16H,4-5,7-9,27H2,1H3,(H,28,31). The van der Waals surface area contributed by atoms with Crippen LogP contribution in [0, 0.1) is 17.7 Å². The summed E-state index contributed by atoms with van der Waals surface area (Å²) in [7, 11) is 1.62. The van der Waals surface area contributed by atoms with Gasteiger partial charge in [-0.25, -0.2) is 17.6 Å². The Hall–Kier alpha value is -2.29. The molecule has 0 aliphatic heterocycles. The molecule has 0 spiro atoms. The van der Waals surface area contributed by atoms with E-state index in [4.69, 9.17) is 17.3 Å². The van der Waals surface area contributed by atoms with Gasteiger partial charge in [0.05, 0.1) is 10.7 Å². The summed E-state index contributed by atoms with van der Waals surface area (Å²) in [5, 5.41) is 6.97. The summed E-state index contributed by atoms with van der Waals surface area (Å²) in [5.41, 5.74) is 5.32. The number of alkyl halides is 3. The first kappa shape index (κ1) is 21.9. The highest BCUT2D eigenvalue weighted by molar-refractivity contribution is 6.31. The molecule has 1 aromatic heterocycles. The van der Waals surface area contributed by atoms with E-state index in [0.717, 1.165) is 6.07 Å². The second kappa shape index (κ2) is 8.00. The maximum absolute atomic E-state index is 14.8. The number of aromatic nitrogens is 2. The summed E-state index contributed by atoms with van der Waals surface area (Å²) in [6, 6.07) is 3.83. The molecule has 31 heavy (non-hydrogen) atoms. The SMILES string of the molecule is Cn1nc(C2CC3CC(F)(CC(F)F)CC3C2)c(C(=O)Nc2ccc(F)c(Cl)c2)c1N. The number of amides is 1. The van der Waals surface area contributed by atoms with Gasteiger partial charge in [-0.3, -0.25) is 9.48 Å². The van der Waals surface area contributed by atoms with E-state index in [-0.39, 0.29) is 47.0 Å². The zero-order valence-corrected chi connectivity index (χ0v) is 17.6. The first-order valence-electron chi connectivity index (χ1n) is 10.1. The fraction of sp³-hybridized carbons (Fsp3) is 0.524. The third-order valence-electron chi connectivity index (χ3n) is 6.53. The number of hydrogen-bond donors (Lipinski definition) is 2. The topological polar surface area (TPSA) is 72.9 Å². The van der Waals surface area contributed by atoms with Crippen molar-refractivity contribution in [3.8, 4) is 0 Å². The minimum Gasteiger partial charge on any atom is -0.383 e. The molecule has 5 nitrogen and oxygen atoms in total. The number of nitrogen functional groups attached to an aromatic ring is 1. The van der Waals surface area contributed by atoms with Crippen LogP contribution in [0.2, 0.25) is 5.02 Å². The zero-order valence-electron chi connectivity index (χ0n) is 16.8. The number of nitrogens with two attached hydrogens (primary N) is 1. The Bertz CT molecular complexity index is 998. The van der Waals surface area contributed by atoms with Gasteiger partial charge in [-0.1, -0.05) is 11.6 Å². The number of nitrogens with zero attached hydrogens (tertiary/aromatic N) is 2. The number of anilines is 2. The molecule has 2 aromatic rings. The van der Waals surface area contributed by atoms with Gasteiger partial charge in [0.15, 0.2) is 0 Å². The number of carbonyl (C=O) groups excluding carboxylic acids is 1. The first-order valence-corrected chi connectivity index (χ1v) is 10.5. The third-order valence-corrected chi connectivity index (χ3v) is 6.82. The second-order valence-corrected chi connectivity index (χ2v) is 9.10. The molecule has 2 unspecified atom stereocenters. The molecule has 0 radical (unpaired) electrons. The van der Waals surface area contributed by atoms with E-state index in [1.807, 2.05) is 0 Å². The van der Waals surface area contributed by atoms with E-state index in [1.165, 1.54) is 16.8 Å². The monoisotopic (exact) mass is 458 g/mol. The van der Waals surface area contributed by atoms with E-state index < -0.39 is 30.2 Å². The molecule has 2 saturated carbocycles. The summed E-state index contributed by atoms with van der Waals surface area (Å²) in [6.45, 7) is 0. The molecule has 2 fully saturated rings. The molecule has 0 bridgehead atoms. The first-order chi connectivity index (χ1) is 14.6. The smallest absolute Gasteiger partial charge is 0.261 e. The lowest BCUT2D eigenvalue weighted by Crippen LogP contribution is -2.23. The summed E-state index contributed by atoms with van der Waals surface area (Å²) < 4.78 is 55.0. The van der Waals surface area contributed by atoms with E-state index in [0.29, 0.717) is 24.2 Å². The Kier molecular flexibility index (Phi) is 5.66. The van der Waals surface area contributed by atoms with Crippen molar-refractivity contribution < 1.29 is 22.4 Å². The Labute approximate surface area is 181 Å². The van der Waals surface area contributed by atoms with Crippen molar-refractivity contribution in [1.29, 1.82) is 0 Å². The zero-order chi connectivity index (χ0) is 22.5. The number of fused-ring (bicyclic) bond motifs is 1. The van der Waals surface area contributed by atoms with Crippen LogP contribution >= 0.6 is 11.6 Å². The Morgan fingerprint density at radius 1 is 1.35 bits per heavy atom. The predicted molar refractivity (Wildman–Crippen MR) is 110 cm³/mol. The van der Waals surface area contributed by atoms with Crippen molar-refractivity contribution in [3.63, 3.8) is 0 Å². The van der Waals surface area contributed by atoms with Gasteiger partial charge in [0.25, 0.3) is 5.91 Å². The molecule has 4 rings (SSSR count). The van der Waals surface area contributed by atoms with Crippen molar-refractivity contribution in [2.75, 3.05) is 11.1 Å². The lowest BCUT2D eigenvalue weighted by Gasteiger charge is -2.21. The van der Waals surface area contributed by atoms with Gasteiger partial charge in [0.2, 0.25) is 6.43 Å². The molecule has 1 amide bonds. The fourth-order valence-corrected chi connectivity index (χ4v) is 5.43. The highest BCUT2D eigenvalue weighted by Gasteiger charge is 2.52. The van der Waals surface area contributed by atoms with Crippen LogP contribution in [0.25, 0.3) is 0 Å². The molecule has 2 atom stereocenters. The van der Waals surface area contributed by atoms with Gasteiger partial charge in [-0.2, -0.15) is 5.10 Å². The third kappa shape index (κ3) is 4.24. The molecule has 1 heterocycles. The molecule has 2 aliphatic carbocycles. The van der Waals surface area contributed by atoms with Crippen LogP contribution < -0.4 is 11.1 Å². The fourth-order valence-electron chi connectivity index (χ4n) is 5.25. The van der Waals surface area contributed by atoms with Crippen LogP contribution in [0.3, 0.4) is 0 Å². The second-order valence-electron chi connectivity index (χ2n) is 8.69. The van der Waals surface area contributed by atoms with Gasteiger partial charge in [-0.05, 0) is 55.7 Å². The van der Waals surface area contributed by atoms with Crippen LogP contribution in [0.15, 0.2) is 18.2 Å². The van der Waals surface area contributed by atoms with Crippen LogP contribution in [-0.2, 0) is 7.05 Å². The average Bonchev–Trinajstić information content (AvgIpc) is 3.27. The maximum Gasteiger partial charge on any atom is 0.261 e. The molecule has 10 heteroatoms. The Morgan fingerprint density at radius 2 is 2.00 bits per heavy atom. The summed E-state index contributed by atoms with van der Waals surface area (Å²) in [5.74, 6) is -1.09. The van der Waals surface area contributed by atoms with Crippen LogP contribution in [0.5, 0.6) is 0 Å². The molecule has 3 N–H and O–H groups in total. The number of aryl methyl sites for hydroxylation is 1. The minimum atomic E-state index is -2.66. The molecule has 2 aliphatic rings. The number of nitrogens with one attached hydrogen (secondary N) is 1. The normalized spacial score (nSPS) is 27.6. The summed E-state index contributed by atoms with van der Waals surface area (Å²) >= 11 is 5.78. The lowest BCUT2D eigenvalue weighted by molar-refractivity contribution is 0.0412. The minimum absolute atomic E-state index is 0.0243. The van der Waals surface area contributed by atoms with E-state index in [9.17, 15) is 22.4 Å². The molecule has 0 saturated heterocycles. The number of carbonyl (C=O) groups is 1. The molecular formula is C21H23ClF4N4O. The van der Waals surface area contributed by atoms with E-state index in [2.05, 4.69) is 10.4 Å². The quantitative estimate of drug-likeness (QED) is 0.596. The highest BCUT2D eigenvalue weighted by atomic mass is 35.5. The predicted octanol–water partition coefficient (Wildman–Crippen LogP) is 5.31. The lowest BCUT2D eigenvalue weighted by atomic mass is 9.91. The van der Waals surface area contributed by atoms with E-state index in [1.54, 1.807) is 7.05 Å².